The number of carbonyl (C=O) groups excluding carboxylic acids is 2. The van der Waals surface area contributed by atoms with Gasteiger partial charge < -0.3 is 29.3 Å². The van der Waals surface area contributed by atoms with Crippen LogP contribution in [0.1, 0.15) is 50.3 Å². The lowest BCUT2D eigenvalue weighted by Gasteiger charge is -2.26. The maximum atomic E-state index is 13.2. The quantitative estimate of drug-likeness (QED) is 0.230. The van der Waals surface area contributed by atoms with Crippen molar-refractivity contribution in [2.45, 2.75) is 39.2 Å². The van der Waals surface area contributed by atoms with E-state index in [0.29, 0.717) is 36.6 Å². The Balaban J connectivity index is 2.22. The number of likely N-dealkylation sites (tertiary alicyclic amines) is 1. The van der Waals surface area contributed by atoms with E-state index in [1.807, 2.05) is 0 Å². The number of carbonyl (C=O) groups is 2. The summed E-state index contributed by atoms with van der Waals surface area (Å²) in [5.41, 5.74) is 0.726. The van der Waals surface area contributed by atoms with Gasteiger partial charge in [-0.2, -0.15) is 0 Å². The zero-order chi connectivity index (χ0) is 24.8. The summed E-state index contributed by atoms with van der Waals surface area (Å²) in [6, 6.07) is 8.66. The second-order valence-corrected chi connectivity index (χ2v) is 7.93. The summed E-state index contributed by atoms with van der Waals surface area (Å²) in [6.45, 7) is 4.52. The Morgan fingerprint density at radius 2 is 1.76 bits per heavy atom. The Bertz CT molecular complexity index is 1090. The van der Waals surface area contributed by atoms with Gasteiger partial charge in [0.1, 0.15) is 17.3 Å². The number of aliphatic hydroxyl groups is 1. The van der Waals surface area contributed by atoms with Crippen molar-refractivity contribution in [3.05, 3.63) is 53.1 Å². The van der Waals surface area contributed by atoms with Crippen LogP contribution < -0.4 is 14.2 Å². The molecule has 1 aliphatic heterocycles. The summed E-state index contributed by atoms with van der Waals surface area (Å²) in [5.74, 6) is -0.857. The van der Waals surface area contributed by atoms with Gasteiger partial charge >= 0.3 is 0 Å². The third-order valence-electron chi connectivity index (χ3n) is 5.80. The highest BCUT2D eigenvalue weighted by Crippen LogP contribution is 2.43. The molecule has 1 aliphatic rings. The summed E-state index contributed by atoms with van der Waals surface area (Å²) in [5, 5.41) is 21.5. The number of aromatic hydroxyl groups is 1. The van der Waals surface area contributed by atoms with Crippen LogP contribution >= 0.6 is 0 Å². The Morgan fingerprint density at radius 3 is 2.41 bits per heavy atom. The van der Waals surface area contributed by atoms with Gasteiger partial charge in [0.15, 0.2) is 11.5 Å². The number of nitrogens with zero attached hydrogens (tertiary/aromatic N) is 1. The van der Waals surface area contributed by atoms with Gasteiger partial charge in [0.2, 0.25) is 0 Å². The molecule has 0 radical (unpaired) electrons. The lowest BCUT2D eigenvalue weighted by molar-refractivity contribution is -0.139. The van der Waals surface area contributed by atoms with Gasteiger partial charge in [0, 0.05) is 6.54 Å². The van der Waals surface area contributed by atoms with Gasteiger partial charge in [-0.1, -0.05) is 25.8 Å². The lowest BCUT2D eigenvalue weighted by atomic mass is 9.94. The molecule has 0 saturated carbocycles. The van der Waals surface area contributed by atoms with Crippen molar-refractivity contribution < 1.29 is 34.0 Å². The van der Waals surface area contributed by atoms with Gasteiger partial charge in [0.05, 0.1) is 38.0 Å². The first kappa shape index (κ1) is 25.0. The van der Waals surface area contributed by atoms with Crippen LogP contribution in [-0.2, 0) is 9.59 Å². The van der Waals surface area contributed by atoms with Crippen LogP contribution in [0.3, 0.4) is 0 Å². The maximum Gasteiger partial charge on any atom is 0.295 e. The molecule has 1 amide bonds. The van der Waals surface area contributed by atoms with E-state index in [9.17, 15) is 19.8 Å². The summed E-state index contributed by atoms with van der Waals surface area (Å²) in [6.07, 6.45) is 2.54. The van der Waals surface area contributed by atoms with Crippen molar-refractivity contribution in [2.24, 2.45) is 0 Å². The highest BCUT2D eigenvalue weighted by Gasteiger charge is 2.46. The molecule has 182 valence electrons. The minimum absolute atomic E-state index is 0.0528. The van der Waals surface area contributed by atoms with Gasteiger partial charge in [0.25, 0.3) is 11.7 Å². The zero-order valence-corrected chi connectivity index (χ0v) is 20.0. The van der Waals surface area contributed by atoms with Gasteiger partial charge in [-0.25, -0.2) is 0 Å². The van der Waals surface area contributed by atoms with Crippen LogP contribution in [-0.4, -0.2) is 54.2 Å². The fourth-order valence-corrected chi connectivity index (χ4v) is 4.11. The third-order valence-corrected chi connectivity index (χ3v) is 5.80. The van der Waals surface area contributed by atoms with Crippen LogP contribution in [0.15, 0.2) is 42.0 Å². The third kappa shape index (κ3) is 4.81. The number of hydrogen-bond acceptors (Lipinski definition) is 7. The number of phenols is 1. The van der Waals surface area contributed by atoms with E-state index in [-0.39, 0.29) is 28.4 Å². The van der Waals surface area contributed by atoms with Crippen LogP contribution in [0, 0.1) is 0 Å². The van der Waals surface area contributed by atoms with Gasteiger partial charge in [-0.05, 0) is 49.2 Å². The van der Waals surface area contributed by atoms with Crippen LogP contribution in [0.4, 0.5) is 0 Å². The first-order chi connectivity index (χ1) is 16.4. The largest absolute Gasteiger partial charge is 0.507 e. The second kappa shape index (κ2) is 11.0. The van der Waals surface area contributed by atoms with E-state index in [1.54, 1.807) is 37.3 Å². The van der Waals surface area contributed by atoms with E-state index >= 15 is 0 Å². The Labute approximate surface area is 199 Å². The molecule has 0 spiro atoms. The Morgan fingerprint density at radius 1 is 1.00 bits per heavy atom. The molecule has 1 fully saturated rings. The Kier molecular flexibility index (Phi) is 8.04. The molecular formula is C26H31NO7. The predicted octanol–water partition coefficient (Wildman–Crippen LogP) is 4.42. The normalized spacial score (nSPS) is 17.2. The molecular weight excluding hydrogens is 438 g/mol. The molecule has 2 aromatic rings. The molecule has 2 N–H and O–H groups in total. The molecule has 0 bridgehead atoms. The minimum Gasteiger partial charge on any atom is -0.507 e. The number of benzene rings is 2. The standard InChI is InChI=1S/C26H31NO7/c1-5-7-8-13-27-23(16-9-11-19(28)21(14-16)34-6-2)22(25(30)26(27)31)24(29)18-15-17(32-3)10-12-20(18)33-4/h9-12,14-15,23,28-29H,5-8,13H2,1-4H3/b24-22+. The van der Waals surface area contributed by atoms with Gasteiger partial charge in [-0.3, -0.25) is 9.59 Å². The summed E-state index contributed by atoms with van der Waals surface area (Å²) in [7, 11) is 2.94. The fourth-order valence-electron chi connectivity index (χ4n) is 4.11. The monoisotopic (exact) mass is 469 g/mol. The van der Waals surface area contributed by atoms with E-state index in [2.05, 4.69) is 6.92 Å². The van der Waals surface area contributed by atoms with E-state index in [0.717, 1.165) is 12.8 Å². The van der Waals surface area contributed by atoms with Crippen molar-refractivity contribution >= 4 is 17.4 Å². The number of methoxy groups -OCH3 is 2. The number of rotatable bonds is 10. The van der Waals surface area contributed by atoms with Crippen LogP contribution in [0.25, 0.3) is 5.76 Å². The molecule has 3 rings (SSSR count). The average molecular weight is 470 g/mol. The number of unbranched alkanes of at least 4 members (excludes halogenated alkanes) is 2. The SMILES string of the molecule is CCCCCN1C(=O)C(=O)/C(=C(/O)c2cc(OC)ccc2OC)C1c1ccc(O)c(OCC)c1. The molecule has 1 heterocycles. The first-order valence-electron chi connectivity index (χ1n) is 11.3. The molecule has 2 aromatic carbocycles. The fraction of sp³-hybridized carbons (Fsp3) is 0.385. The first-order valence-corrected chi connectivity index (χ1v) is 11.3. The van der Waals surface area contributed by atoms with E-state index in [4.69, 9.17) is 14.2 Å². The van der Waals surface area contributed by atoms with E-state index in [1.165, 1.54) is 25.2 Å². The van der Waals surface area contributed by atoms with Crippen molar-refractivity contribution in [2.75, 3.05) is 27.4 Å². The topological polar surface area (TPSA) is 106 Å². The van der Waals surface area contributed by atoms with Crippen molar-refractivity contribution in [3.8, 4) is 23.0 Å². The molecule has 34 heavy (non-hydrogen) atoms. The van der Waals surface area contributed by atoms with E-state index < -0.39 is 17.7 Å². The Hall–Kier alpha value is -3.68. The number of phenolic OH excluding ortho intramolecular Hbond substituents is 1. The highest BCUT2D eigenvalue weighted by molar-refractivity contribution is 6.46. The number of Topliss-reactive ketones (excluding diaryl/α,β-unsaturated/α-hetero) is 1. The molecule has 8 nitrogen and oxygen atoms in total. The molecule has 0 aromatic heterocycles. The molecule has 1 atom stereocenters. The summed E-state index contributed by atoms with van der Waals surface area (Å²) in [4.78, 5) is 27.8. The molecule has 8 heteroatoms. The number of hydrogen-bond donors (Lipinski definition) is 2. The minimum atomic E-state index is -0.854. The van der Waals surface area contributed by atoms with Crippen LogP contribution in [0.5, 0.6) is 23.0 Å². The molecule has 1 saturated heterocycles. The number of amides is 1. The van der Waals surface area contributed by atoms with Crippen molar-refractivity contribution in [1.29, 1.82) is 0 Å². The maximum absolute atomic E-state index is 13.2. The number of ketones is 1. The molecule has 1 unspecified atom stereocenters. The predicted molar refractivity (Wildman–Crippen MR) is 127 cm³/mol. The number of ether oxygens (including phenoxy) is 3. The average Bonchev–Trinajstić information content (AvgIpc) is 3.09. The summed E-state index contributed by atoms with van der Waals surface area (Å²) >= 11 is 0. The second-order valence-electron chi connectivity index (χ2n) is 7.93. The number of aliphatic hydroxyl groups excluding tert-OH is 1. The van der Waals surface area contributed by atoms with Crippen molar-refractivity contribution in [3.63, 3.8) is 0 Å². The van der Waals surface area contributed by atoms with Gasteiger partial charge in [-0.15, -0.1) is 0 Å². The van der Waals surface area contributed by atoms with Crippen molar-refractivity contribution in [1.82, 2.24) is 4.90 Å². The zero-order valence-electron chi connectivity index (χ0n) is 20.0. The highest BCUT2D eigenvalue weighted by atomic mass is 16.5. The smallest absolute Gasteiger partial charge is 0.295 e. The lowest BCUT2D eigenvalue weighted by Crippen LogP contribution is -2.30. The summed E-state index contributed by atoms with van der Waals surface area (Å²) < 4.78 is 16.2. The van der Waals surface area contributed by atoms with Crippen LogP contribution in [0.2, 0.25) is 0 Å². The molecule has 0 aliphatic carbocycles.